The Kier molecular flexibility index (Phi) is 3.82. The Bertz CT molecular complexity index is 471. The van der Waals surface area contributed by atoms with E-state index in [0.717, 1.165) is 16.9 Å². The SMILES string of the molecule is NC(Cc1cncs1)c1ccc(Cl)cc1Cl. The highest BCUT2D eigenvalue weighted by Crippen LogP contribution is 2.27. The van der Waals surface area contributed by atoms with E-state index in [0.29, 0.717) is 10.0 Å². The molecule has 0 amide bonds. The second-order valence-electron chi connectivity index (χ2n) is 3.44. The lowest BCUT2D eigenvalue weighted by molar-refractivity contribution is 0.729. The van der Waals surface area contributed by atoms with Crippen LogP contribution in [-0.2, 0) is 6.42 Å². The van der Waals surface area contributed by atoms with E-state index in [4.69, 9.17) is 28.9 Å². The van der Waals surface area contributed by atoms with Crippen LogP contribution < -0.4 is 5.73 Å². The van der Waals surface area contributed by atoms with Crippen LogP contribution in [0.1, 0.15) is 16.5 Å². The first-order valence-electron chi connectivity index (χ1n) is 4.74. The Morgan fingerprint density at radius 1 is 1.38 bits per heavy atom. The number of hydrogen-bond donors (Lipinski definition) is 1. The molecule has 2 rings (SSSR count). The normalized spacial score (nSPS) is 12.7. The van der Waals surface area contributed by atoms with E-state index >= 15 is 0 Å². The number of nitrogens with zero attached hydrogens (tertiary/aromatic N) is 1. The monoisotopic (exact) mass is 272 g/mol. The Labute approximate surface area is 108 Å². The second kappa shape index (κ2) is 5.15. The second-order valence-corrected chi connectivity index (χ2v) is 5.26. The molecule has 0 aliphatic rings. The van der Waals surface area contributed by atoms with Crippen molar-refractivity contribution in [1.82, 2.24) is 4.98 Å². The van der Waals surface area contributed by atoms with Crippen molar-refractivity contribution in [2.75, 3.05) is 0 Å². The topological polar surface area (TPSA) is 38.9 Å². The van der Waals surface area contributed by atoms with E-state index < -0.39 is 0 Å². The van der Waals surface area contributed by atoms with Crippen molar-refractivity contribution in [3.05, 3.63) is 50.4 Å². The van der Waals surface area contributed by atoms with Crippen LogP contribution in [0.15, 0.2) is 29.9 Å². The average molecular weight is 273 g/mol. The van der Waals surface area contributed by atoms with Gasteiger partial charge in [-0.05, 0) is 17.7 Å². The molecule has 0 radical (unpaired) electrons. The molecule has 84 valence electrons. The van der Waals surface area contributed by atoms with E-state index in [1.165, 1.54) is 0 Å². The fourth-order valence-electron chi connectivity index (χ4n) is 1.47. The van der Waals surface area contributed by atoms with Gasteiger partial charge in [0.05, 0.1) is 5.51 Å². The standard InChI is InChI=1S/C11H10Cl2N2S/c12-7-1-2-9(10(13)3-7)11(14)4-8-5-15-6-16-8/h1-3,5-6,11H,4,14H2. The molecule has 0 fully saturated rings. The number of aromatic nitrogens is 1. The number of benzene rings is 1. The van der Waals surface area contributed by atoms with Gasteiger partial charge in [0.1, 0.15) is 0 Å². The zero-order valence-corrected chi connectivity index (χ0v) is 10.7. The number of halogens is 2. The van der Waals surface area contributed by atoms with Crippen LogP contribution in [0, 0.1) is 0 Å². The van der Waals surface area contributed by atoms with Crippen LogP contribution in [0.4, 0.5) is 0 Å². The minimum atomic E-state index is -0.120. The van der Waals surface area contributed by atoms with E-state index in [2.05, 4.69) is 4.98 Å². The molecule has 0 saturated carbocycles. The van der Waals surface area contributed by atoms with Gasteiger partial charge in [0.15, 0.2) is 0 Å². The molecule has 16 heavy (non-hydrogen) atoms. The van der Waals surface area contributed by atoms with Crippen LogP contribution in [0.25, 0.3) is 0 Å². The molecule has 2 nitrogen and oxygen atoms in total. The summed E-state index contributed by atoms with van der Waals surface area (Å²) in [6, 6.07) is 5.27. The molecule has 1 aromatic carbocycles. The average Bonchev–Trinajstić information content (AvgIpc) is 2.70. The molecule has 1 unspecified atom stereocenters. The van der Waals surface area contributed by atoms with Crippen molar-refractivity contribution in [3.63, 3.8) is 0 Å². The first-order valence-corrected chi connectivity index (χ1v) is 6.38. The maximum atomic E-state index is 6.09. The first kappa shape index (κ1) is 11.9. The van der Waals surface area contributed by atoms with Gasteiger partial charge in [-0.15, -0.1) is 11.3 Å². The molecule has 5 heteroatoms. The van der Waals surface area contributed by atoms with Crippen molar-refractivity contribution in [1.29, 1.82) is 0 Å². The maximum absolute atomic E-state index is 6.09. The quantitative estimate of drug-likeness (QED) is 0.926. The van der Waals surface area contributed by atoms with E-state index in [-0.39, 0.29) is 6.04 Å². The molecule has 1 aromatic heterocycles. The Morgan fingerprint density at radius 3 is 2.81 bits per heavy atom. The van der Waals surface area contributed by atoms with Crippen molar-refractivity contribution in [2.45, 2.75) is 12.5 Å². The van der Waals surface area contributed by atoms with Crippen molar-refractivity contribution in [3.8, 4) is 0 Å². The van der Waals surface area contributed by atoms with Gasteiger partial charge in [0.25, 0.3) is 0 Å². The van der Waals surface area contributed by atoms with Crippen molar-refractivity contribution in [2.24, 2.45) is 5.73 Å². The fraction of sp³-hybridized carbons (Fsp3) is 0.182. The largest absolute Gasteiger partial charge is 0.324 e. The molecule has 1 atom stereocenters. The smallest absolute Gasteiger partial charge is 0.0794 e. The van der Waals surface area contributed by atoms with Crippen LogP contribution >= 0.6 is 34.5 Å². The van der Waals surface area contributed by atoms with Crippen molar-refractivity contribution >= 4 is 34.5 Å². The lowest BCUT2D eigenvalue weighted by Gasteiger charge is -2.12. The van der Waals surface area contributed by atoms with E-state index in [1.807, 2.05) is 12.3 Å². The number of hydrogen-bond acceptors (Lipinski definition) is 3. The molecule has 0 aliphatic carbocycles. The van der Waals surface area contributed by atoms with Crippen LogP contribution in [0.2, 0.25) is 10.0 Å². The lowest BCUT2D eigenvalue weighted by Crippen LogP contribution is -2.13. The minimum absolute atomic E-state index is 0.120. The highest BCUT2D eigenvalue weighted by Gasteiger charge is 2.12. The highest BCUT2D eigenvalue weighted by molar-refractivity contribution is 7.09. The molecule has 2 N–H and O–H groups in total. The molecule has 1 heterocycles. The summed E-state index contributed by atoms with van der Waals surface area (Å²) in [6.45, 7) is 0. The molecule has 2 aromatic rings. The van der Waals surface area contributed by atoms with Crippen LogP contribution in [0.5, 0.6) is 0 Å². The van der Waals surface area contributed by atoms with Gasteiger partial charge in [-0.25, -0.2) is 0 Å². The molecule has 0 saturated heterocycles. The fourth-order valence-corrected chi connectivity index (χ4v) is 2.68. The van der Waals surface area contributed by atoms with E-state index in [1.54, 1.807) is 29.0 Å². The zero-order chi connectivity index (χ0) is 11.5. The summed E-state index contributed by atoms with van der Waals surface area (Å²) in [5, 5.41) is 1.24. The van der Waals surface area contributed by atoms with Gasteiger partial charge >= 0.3 is 0 Å². The third-order valence-corrected chi connectivity index (χ3v) is 3.63. The third kappa shape index (κ3) is 2.74. The molecule has 0 bridgehead atoms. The summed E-state index contributed by atoms with van der Waals surface area (Å²) in [5.41, 5.74) is 8.80. The predicted molar refractivity (Wildman–Crippen MR) is 69.2 cm³/mol. The summed E-state index contributed by atoms with van der Waals surface area (Å²) in [6.07, 6.45) is 2.57. The van der Waals surface area contributed by atoms with Gasteiger partial charge in [-0.1, -0.05) is 29.3 Å². The van der Waals surface area contributed by atoms with Crippen LogP contribution in [0.3, 0.4) is 0 Å². The molecule has 0 aliphatic heterocycles. The number of rotatable bonds is 3. The van der Waals surface area contributed by atoms with E-state index in [9.17, 15) is 0 Å². The summed E-state index contributed by atoms with van der Waals surface area (Å²) in [5.74, 6) is 0. The number of thiazole rings is 1. The maximum Gasteiger partial charge on any atom is 0.0794 e. The zero-order valence-electron chi connectivity index (χ0n) is 8.36. The minimum Gasteiger partial charge on any atom is -0.324 e. The Morgan fingerprint density at radius 2 is 2.19 bits per heavy atom. The molecular formula is C11H10Cl2N2S. The molecular weight excluding hydrogens is 263 g/mol. The van der Waals surface area contributed by atoms with Crippen LogP contribution in [-0.4, -0.2) is 4.98 Å². The molecule has 0 spiro atoms. The predicted octanol–water partition coefficient (Wildman–Crippen LogP) is 3.69. The summed E-state index contributed by atoms with van der Waals surface area (Å²) in [7, 11) is 0. The van der Waals surface area contributed by atoms with Gasteiger partial charge in [-0.2, -0.15) is 0 Å². The van der Waals surface area contributed by atoms with Gasteiger partial charge in [-0.3, -0.25) is 4.98 Å². The Balaban J connectivity index is 2.17. The van der Waals surface area contributed by atoms with Crippen molar-refractivity contribution < 1.29 is 0 Å². The summed E-state index contributed by atoms with van der Waals surface area (Å²) in [4.78, 5) is 5.17. The summed E-state index contributed by atoms with van der Waals surface area (Å²) >= 11 is 13.5. The number of nitrogens with two attached hydrogens (primary N) is 1. The van der Waals surface area contributed by atoms with Gasteiger partial charge < -0.3 is 5.73 Å². The van der Waals surface area contributed by atoms with Gasteiger partial charge in [0.2, 0.25) is 0 Å². The first-order chi connectivity index (χ1) is 7.66. The van der Waals surface area contributed by atoms with Gasteiger partial charge in [0, 0.05) is 33.6 Å². The highest BCUT2D eigenvalue weighted by atomic mass is 35.5. The Hall–Kier alpha value is -0.610. The summed E-state index contributed by atoms with van der Waals surface area (Å²) < 4.78 is 0. The third-order valence-electron chi connectivity index (χ3n) is 2.27. The lowest BCUT2D eigenvalue weighted by atomic mass is 10.0.